The third-order valence-corrected chi connectivity index (χ3v) is 2.20. The van der Waals surface area contributed by atoms with Crippen LogP contribution < -0.4 is 5.73 Å². The number of H-pyrrole nitrogens is 1. The van der Waals surface area contributed by atoms with Crippen LogP contribution in [0, 0.1) is 10.1 Å². The van der Waals surface area contributed by atoms with E-state index < -0.39 is 10.8 Å². The number of nitro groups is 1. The summed E-state index contributed by atoms with van der Waals surface area (Å²) in [6.07, 6.45) is 2.59. The second-order valence-electron chi connectivity index (χ2n) is 3.30. The van der Waals surface area contributed by atoms with Crippen molar-refractivity contribution in [1.29, 1.82) is 0 Å². The summed E-state index contributed by atoms with van der Waals surface area (Å²) in [7, 11) is 0. The SMILES string of the molecule is NC(=O)C=Cc1[nH]nc2c([N+](=O)[O-])cccc12. The first-order chi connectivity index (χ1) is 8.09. The number of para-hydroxylation sites is 1. The standard InChI is InChI=1S/C10H8N4O3/c11-9(15)5-4-7-6-2-1-3-8(14(16)17)10(6)13-12-7/h1-5H,(H2,11,15)(H,12,13). The van der Waals surface area contributed by atoms with E-state index in [0.29, 0.717) is 11.1 Å². The molecule has 0 aliphatic heterocycles. The minimum absolute atomic E-state index is 0.0857. The Bertz CT molecular complexity index is 630. The van der Waals surface area contributed by atoms with Crippen molar-refractivity contribution in [3.8, 4) is 0 Å². The lowest BCUT2D eigenvalue weighted by molar-refractivity contribution is -0.383. The number of carbonyl (C=O) groups excluding carboxylic acids is 1. The normalized spacial score (nSPS) is 11.1. The average molecular weight is 232 g/mol. The van der Waals surface area contributed by atoms with E-state index in [4.69, 9.17) is 5.73 Å². The van der Waals surface area contributed by atoms with Gasteiger partial charge in [-0.2, -0.15) is 5.10 Å². The van der Waals surface area contributed by atoms with Crippen LogP contribution in [0.15, 0.2) is 24.3 Å². The number of hydrogen-bond donors (Lipinski definition) is 2. The molecule has 0 atom stereocenters. The first kappa shape index (κ1) is 10.8. The Hall–Kier alpha value is -2.70. The fraction of sp³-hybridized carbons (Fsp3) is 0. The van der Waals surface area contributed by atoms with Crippen LogP contribution in [0.3, 0.4) is 0 Å². The Morgan fingerprint density at radius 2 is 2.29 bits per heavy atom. The summed E-state index contributed by atoms with van der Waals surface area (Å²) in [5.41, 5.74) is 5.63. The highest BCUT2D eigenvalue weighted by Gasteiger charge is 2.15. The Kier molecular flexibility index (Phi) is 2.57. The molecule has 0 fully saturated rings. The summed E-state index contributed by atoms with van der Waals surface area (Å²) in [6, 6.07) is 4.59. The monoisotopic (exact) mass is 232 g/mol. The van der Waals surface area contributed by atoms with Gasteiger partial charge in [-0.15, -0.1) is 0 Å². The van der Waals surface area contributed by atoms with Crippen LogP contribution in [0.4, 0.5) is 5.69 Å². The number of aromatic nitrogens is 2. The zero-order valence-electron chi connectivity index (χ0n) is 8.58. The van der Waals surface area contributed by atoms with Crippen molar-refractivity contribution in [1.82, 2.24) is 10.2 Å². The molecule has 0 radical (unpaired) electrons. The molecule has 1 aromatic heterocycles. The maximum Gasteiger partial charge on any atom is 0.297 e. The van der Waals surface area contributed by atoms with E-state index in [1.807, 2.05) is 0 Å². The number of nitrogens with two attached hydrogens (primary N) is 1. The van der Waals surface area contributed by atoms with Gasteiger partial charge < -0.3 is 5.73 Å². The number of carbonyl (C=O) groups is 1. The van der Waals surface area contributed by atoms with Gasteiger partial charge in [0.1, 0.15) is 0 Å². The topological polar surface area (TPSA) is 115 Å². The van der Waals surface area contributed by atoms with Gasteiger partial charge in [0, 0.05) is 17.5 Å². The molecule has 3 N–H and O–H groups in total. The van der Waals surface area contributed by atoms with Gasteiger partial charge in [-0.3, -0.25) is 20.0 Å². The maximum atomic E-state index is 10.7. The number of rotatable bonds is 3. The molecular formula is C10H8N4O3. The van der Waals surface area contributed by atoms with Crippen LogP contribution in [0.2, 0.25) is 0 Å². The minimum atomic E-state index is -0.599. The van der Waals surface area contributed by atoms with Crippen molar-refractivity contribution in [2.24, 2.45) is 5.73 Å². The number of amides is 1. The molecule has 0 spiro atoms. The molecule has 0 unspecified atom stereocenters. The minimum Gasteiger partial charge on any atom is -0.366 e. The van der Waals surface area contributed by atoms with Crippen molar-refractivity contribution >= 4 is 28.6 Å². The van der Waals surface area contributed by atoms with Crippen molar-refractivity contribution in [3.63, 3.8) is 0 Å². The first-order valence-electron chi connectivity index (χ1n) is 4.68. The number of benzene rings is 1. The van der Waals surface area contributed by atoms with Crippen LogP contribution in [0.1, 0.15) is 5.69 Å². The number of nitrogens with one attached hydrogen (secondary N) is 1. The lowest BCUT2D eigenvalue weighted by Crippen LogP contribution is -2.05. The predicted molar refractivity (Wildman–Crippen MR) is 61.0 cm³/mol. The highest BCUT2D eigenvalue weighted by molar-refractivity contribution is 5.96. The lowest BCUT2D eigenvalue weighted by Gasteiger charge is -1.92. The van der Waals surface area contributed by atoms with E-state index in [2.05, 4.69) is 10.2 Å². The van der Waals surface area contributed by atoms with Crippen molar-refractivity contribution in [2.45, 2.75) is 0 Å². The molecular weight excluding hydrogens is 224 g/mol. The van der Waals surface area contributed by atoms with E-state index in [9.17, 15) is 14.9 Å². The molecule has 7 nitrogen and oxygen atoms in total. The summed E-state index contributed by atoms with van der Waals surface area (Å²) in [5.74, 6) is -0.599. The fourth-order valence-electron chi connectivity index (χ4n) is 1.48. The molecule has 1 heterocycles. The number of nitro benzene ring substituents is 1. The van der Waals surface area contributed by atoms with Gasteiger partial charge in [0.15, 0.2) is 5.52 Å². The summed E-state index contributed by atoms with van der Waals surface area (Å²) in [5, 5.41) is 17.8. The van der Waals surface area contributed by atoms with Crippen LogP contribution in [-0.4, -0.2) is 21.0 Å². The van der Waals surface area contributed by atoms with Crippen molar-refractivity contribution in [2.75, 3.05) is 0 Å². The van der Waals surface area contributed by atoms with Crippen molar-refractivity contribution in [3.05, 3.63) is 40.1 Å². The zero-order valence-corrected chi connectivity index (χ0v) is 8.58. The van der Waals surface area contributed by atoms with Crippen LogP contribution in [0.25, 0.3) is 17.0 Å². The molecule has 0 bridgehead atoms. The molecule has 1 aromatic carbocycles. The van der Waals surface area contributed by atoms with E-state index in [1.54, 1.807) is 12.1 Å². The average Bonchev–Trinajstić information content (AvgIpc) is 2.68. The summed E-state index contributed by atoms with van der Waals surface area (Å²) >= 11 is 0. The van der Waals surface area contributed by atoms with Crippen LogP contribution >= 0.6 is 0 Å². The highest BCUT2D eigenvalue weighted by Crippen LogP contribution is 2.25. The Morgan fingerprint density at radius 3 is 2.94 bits per heavy atom. The lowest BCUT2D eigenvalue weighted by atomic mass is 10.2. The van der Waals surface area contributed by atoms with Gasteiger partial charge in [-0.25, -0.2) is 0 Å². The summed E-state index contributed by atoms with van der Waals surface area (Å²) in [6.45, 7) is 0. The smallest absolute Gasteiger partial charge is 0.297 e. The van der Waals surface area contributed by atoms with Gasteiger partial charge >= 0.3 is 0 Å². The molecule has 0 aliphatic rings. The molecule has 0 aliphatic carbocycles. The van der Waals surface area contributed by atoms with Gasteiger partial charge in [0.25, 0.3) is 5.69 Å². The molecule has 0 saturated heterocycles. The molecule has 2 rings (SSSR count). The number of primary amides is 1. The zero-order chi connectivity index (χ0) is 12.4. The number of hydrogen-bond acceptors (Lipinski definition) is 4. The third-order valence-electron chi connectivity index (χ3n) is 2.20. The molecule has 86 valence electrons. The second kappa shape index (κ2) is 4.05. The molecule has 2 aromatic rings. The number of non-ortho nitro benzene ring substituents is 1. The maximum absolute atomic E-state index is 10.7. The Balaban J connectivity index is 2.59. The van der Waals surface area contributed by atoms with E-state index in [-0.39, 0.29) is 11.2 Å². The van der Waals surface area contributed by atoms with Gasteiger partial charge in [-0.1, -0.05) is 12.1 Å². The van der Waals surface area contributed by atoms with E-state index in [0.717, 1.165) is 6.08 Å². The largest absolute Gasteiger partial charge is 0.366 e. The highest BCUT2D eigenvalue weighted by atomic mass is 16.6. The van der Waals surface area contributed by atoms with Crippen molar-refractivity contribution < 1.29 is 9.72 Å². The third kappa shape index (κ3) is 1.98. The van der Waals surface area contributed by atoms with E-state index >= 15 is 0 Å². The number of nitrogens with zero attached hydrogens (tertiary/aromatic N) is 2. The Morgan fingerprint density at radius 1 is 1.53 bits per heavy atom. The molecule has 1 amide bonds. The van der Waals surface area contributed by atoms with Gasteiger partial charge in [0.2, 0.25) is 5.91 Å². The number of fused-ring (bicyclic) bond motifs is 1. The Labute approximate surface area is 95.1 Å². The fourth-order valence-corrected chi connectivity index (χ4v) is 1.48. The quantitative estimate of drug-likeness (QED) is 0.466. The second-order valence-corrected chi connectivity index (χ2v) is 3.30. The summed E-state index contributed by atoms with van der Waals surface area (Å²) in [4.78, 5) is 20.8. The predicted octanol–water partition coefficient (Wildman–Crippen LogP) is 0.970. The van der Waals surface area contributed by atoms with E-state index in [1.165, 1.54) is 12.1 Å². The first-order valence-corrected chi connectivity index (χ1v) is 4.68. The van der Waals surface area contributed by atoms with Gasteiger partial charge in [-0.05, 0) is 6.08 Å². The van der Waals surface area contributed by atoms with Crippen LogP contribution in [-0.2, 0) is 4.79 Å². The molecule has 7 heteroatoms. The number of aromatic amines is 1. The van der Waals surface area contributed by atoms with Gasteiger partial charge in [0.05, 0.1) is 10.6 Å². The molecule has 0 saturated carbocycles. The van der Waals surface area contributed by atoms with Crippen LogP contribution in [0.5, 0.6) is 0 Å². The molecule has 17 heavy (non-hydrogen) atoms. The summed E-state index contributed by atoms with van der Waals surface area (Å²) < 4.78 is 0.